The van der Waals surface area contributed by atoms with Crippen LogP contribution in [-0.4, -0.2) is 19.6 Å². The highest BCUT2D eigenvalue weighted by atomic mass is 32.1. The van der Waals surface area contributed by atoms with E-state index in [0.29, 0.717) is 18.3 Å². The van der Waals surface area contributed by atoms with Gasteiger partial charge in [0.15, 0.2) is 11.5 Å². The first-order valence-electron chi connectivity index (χ1n) is 8.50. The van der Waals surface area contributed by atoms with Gasteiger partial charge in [0.05, 0.1) is 25.3 Å². The molecule has 0 aliphatic heterocycles. The third-order valence-electron chi connectivity index (χ3n) is 3.89. The molecule has 1 unspecified atom stereocenters. The third-order valence-corrected chi connectivity index (χ3v) is 4.86. The van der Waals surface area contributed by atoms with Crippen molar-refractivity contribution in [3.05, 3.63) is 45.1 Å². The smallest absolute Gasteiger partial charge is 0.252 e. The standard InChI is InChI=1S/C20H27NO3S/c1-12(2)11-24-18-8-7-16(10-19(18)23-6)14(4)21-20(22)17-9-13(3)25-15(17)5/h7-10,12,14H,11H2,1-6H3,(H,21,22). The number of carbonyl (C=O) groups is 1. The average Bonchev–Trinajstić information content (AvgIpc) is 2.91. The fraction of sp³-hybridized carbons (Fsp3) is 0.450. The monoisotopic (exact) mass is 361 g/mol. The zero-order valence-corrected chi connectivity index (χ0v) is 16.6. The van der Waals surface area contributed by atoms with Crippen molar-refractivity contribution in [2.24, 2.45) is 5.92 Å². The number of thiophene rings is 1. The van der Waals surface area contributed by atoms with E-state index in [-0.39, 0.29) is 11.9 Å². The van der Waals surface area contributed by atoms with Gasteiger partial charge in [-0.25, -0.2) is 0 Å². The van der Waals surface area contributed by atoms with Gasteiger partial charge in [0.25, 0.3) is 5.91 Å². The van der Waals surface area contributed by atoms with E-state index in [4.69, 9.17) is 9.47 Å². The normalized spacial score (nSPS) is 12.1. The number of rotatable bonds is 7. The lowest BCUT2D eigenvalue weighted by atomic mass is 10.1. The zero-order valence-electron chi connectivity index (χ0n) is 15.8. The molecule has 1 amide bonds. The second-order valence-electron chi connectivity index (χ2n) is 6.64. The Morgan fingerprint density at radius 3 is 2.44 bits per heavy atom. The molecule has 0 radical (unpaired) electrons. The number of ether oxygens (including phenoxy) is 2. The van der Waals surface area contributed by atoms with Crippen LogP contribution in [0.3, 0.4) is 0 Å². The summed E-state index contributed by atoms with van der Waals surface area (Å²) >= 11 is 1.64. The quantitative estimate of drug-likeness (QED) is 0.763. The van der Waals surface area contributed by atoms with Gasteiger partial charge in [-0.2, -0.15) is 0 Å². The molecule has 0 fully saturated rings. The summed E-state index contributed by atoms with van der Waals surface area (Å²) in [6.07, 6.45) is 0. The Labute approximate surface area is 154 Å². The fourth-order valence-corrected chi connectivity index (χ4v) is 3.46. The lowest BCUT2D eigenvalue weighted by Crippen LogP contribution is -2.26. The maximum Gasteiger partial charge on any atom is 0.252 e. The summed E-state index contributed by atoms with van der Waals surface area (Å²) in [6, 6.07) is 7.60. The number of methoxy groups -OCH3 is 1. The van der Waals surface area contributed by atoms with Crippen molar-refractivity contribution >= 4 is 17.2 Å². The molecule has 1 aromatic carbocycles. The lowest BCUT2D eigenvalue weighted by molar-refractivity contribution is 0.0939. The van der Waals surface area contributed by atoms with Crippen molar-refractivity contribution in [3.63, 3.8) is 0 Å². The molecule has 25 heavy (non-hydrogen) atoms. The van der Waals surface area contributed by atoms with E-state index in [1.807, 2.05) is 45.0 Å². The van der Waals surface area contributed by atoms with Crippen LogP contribution in [0.5, 0.6) is 11.5 Å². The Hall–Kier alpha value is -2.01. The van der Waals surface area contributed by atoms with Crippen LogP contribution in [0.25, 0.3) is 0 Å². The number of hydrogen-bond acceptors (Lipinski definition) is 4. The van der Waals surface area contributed by atoms with Gasteiger partial charge in [0, 0.05) is 9.75 Å². The molecule has 1 heterocycles. The maximum absolute atomic E-state index is 12.5. The molecule has 0 spiro atoms. The van der Waals surface area contributed by atoms with Crippen molar-refractivity contribution in [3.8, 4) is 11.5 Å². The summed E-state index contributed by atoms with van der Waals surface area (Å²) < 4.78 is 11.2. The topological polar surface area (TPSA) is 47.6 Å². The highest BCUT2D eigenvalue weighted by Crippen LogP contribution is 2.31. The van der Waals surface area contributed by atoms with Gasteiger partial charge in [-0.15, -0.1) is 11.3 Å². The Morgan fingerprint density at radius 1 is 1.16 bits per heavy atom. The lowest BCUT2D eigenvalue weighted by Gasteiger charge is -2.18. The summed E-state index contributed by atoms with van der Waals surface area (Å²) in [4.78, 5) is 14.7. The molecule has 4 nitrogen and oxygen atoms in total. The molecule has 136 valence electrons. The van der Waals surface area contributed by atoms with E-state index < -0.39 is 0 Å². The number of nitrogens with one attached hydrogen (secondary N) is 1. The SMILES string of the molecule is COc1cc(C(C)NC(=O)c2cc(C)sc2C)ccc1OCC(C)C. The van der Waals surface area contributed by atoms with Crippen LogP contribution < -0.4 is 14.8 Å². The molecule has 0 aliphatic rings. The second kappa shape index (κ2) is 8.39. The largest absolute Gasteiger partial charge is 0.493 e. The number of hydrogen-bond donors (Lipinski definition) is 1. The van der Waals surface area contributed by atoms with Crippen LogP contribution in [0, 0.1) is 19.8 Å². The third kappa shape index (κ3) is 4.98. The minimum atomic E-state index is -0.125. The van der Waals surface area contributed by atoms with Gasteiger partial charge in [-0.05, 0) is 50.5 Å². The van der Waals surface area contributed by atoms with Crippen molar-refractivity contribution in [2.75, 3.05) is 13.7 Å². The highest BCUT2D eigenvalue weighted by Gasteiger charge is 2.17. The van der Waals surface area contributed by atoms with E-state index in [1.54, 1.807) is 18.4 Å². The summed E-state index contributed by atoms with van der Waals surface area (Å²) in [7, 11) is 1.63. The molecule has 1 N–H and O–H groups in total. The molecule has 0 saturated carbocycles. The van der Waals surface area contributed by atoms with E-state index >= 15 is 0 Å². The molecular formula is C20H27NO3S. The van der Waals surface area contributed by atoms with Gasteiger partial charge in [-0.3, -0.25) is 4.79 Å². The number of aryl methyl sites for hydroxylation is 2. The second-order valence-corrected chi connectivity index (χ2v) is 8.10. The minimum absolute atomic E-state index is 0.0477. The first-order chi connectivity index (χ1) is 11.8. The van der Waals surface area contributed by atoms with E-state index in [0.717, 1.165) is 26.6 Å². The zero-order chi connectivity index (χ0) is 18.6. The summed E-state index contributed by atoms with van der Waals surface area (Å²) in [5, 5.41) is 3.06. The van der Waals surface area contributed by atoms with Crippen molar-refractivity contribution in [2.45, 2.75) is 40.7 Å². The van der Waals surface area contributed by atoms with Gasteiger partial charge >= 0.3 is 0 Å². The number of carbonyl (C=O) groups excluding carboxylic acids is 1. The predicted molar refractivity (Wildman–Crippen MR) is 103 cm³/mol. The van der Waals surface area contributed by atoms with Crippen LogP contribution in [0.1, 0.15) is 52.5 Å². The first kappa shape index (κ1) is 19.3. The van der Waals surface area contributed by atoms with Crippen LogP contribution >= 0.6 is 11.3 Å². The minimum Gasteiger partial charge on any atom is -0.493 e. The van der Waals surface area contributed by atoms with Crippen molar-refractivity contribution in [1.29, 1.82) is 0 Å². The van der Waals surface area contributed by atoms with Gasteiger partial charge in [-0.1, -0.05) is 19.9 Å². The Balaban J connectivity index is 2.12. The first-order valence-corrected chi connectivity index (χ1v) is 9.32. The maximum atomic E-state index is 12.5. The molecular weight excluding hydrogens is 334 g/mol. The summed E-state index contributed by atoms with van der Waals surface area (Å²) in [5.74, 6) is 1.80. The highest BCUT2D eigenvalue weighted by molar-refractivity contribution is 7.12. The number of amides is 1. The molecule has 5 heteroatoms. The van der Waals surface area contributed by atoms with Crippen LogP contribution in [0.15, 0.2) is 24.3 Å². The van der Waals surface area contributed by atoms with Crippen molar-refractivity contribution < 1.29 is 14.3 Å². The van der Waals surface area contributed by atoms with Crippen LogP contribution in [-0.2, 0) is 0 Å². The Bertz CT molecular complexity index is 737. The Kier molecular flexibility index (Phi) is 6.48. The molecule has 1 aromatic heterocycles. The average molecular weight is 362 g/mol. The predicted octanol–water partition coefficient (Wildman–Crippen LogP) is 4.90. The molecule has 0 aliphatic carbocycles. The molecule has 2 aromatic rings. The molecule has 1 atom stereocenters. The van der Waals surface area contributed by atoms with E-state index in [2.05, 4.69) is 19.2 Å². The van der Waals surface area contributed by atoms with Crippen molar-refractivity contribution in [1.82, 2.24) is 5.32 Å². The van der Waals surface area contributed by atoms with Gasteiger partial charge < -0.3 is 14.8 Å². The van der Waals surface area contributed by atoms with Gasteiger partial charge in [0.2, 0.25) is 0 Å². The number of benzene rings is 1. The van der Waals surface area contributed by atoms with E-state index in [1.165, 1.54) is 0 Å². The Morgan fingerprint density at radius 2 is 1.88 bits per heavy atom. The molecule has 0 saturated heterocycles. The molecule has 2 rings (SSSR count). The van der Waals surface area contributed by atoms with E-state index in [9.17, 15) is 4.79 Å². The summed E-state index contributed by atoms with van der Waals surface area (Å²) in [5.41, 5.74) is 1.73. The fourth-order valence-electron chi connectivity index (χ4n) is 2.54. The molecule has 0 bridgehead atoms. The van der Waals surface area contributed by atoms with Crippen LogP contribution in [0.2, 0.25) is 0 Å². The summed E-state index contributed by atoms with van der Waals surface area (Å²) in [6.45, 7) is 10.8. The van der Waals surface area contributed by atoms with Crippen LogP contribution in [0.4, 0.5) is 0 Å². The van der Waals surface area contributed by atoms with Gasteiger partial charge in [0.1, 0.15) is 0 Å².